The maximum atomic E-state index is 12.8. The van der Waals surface area contributed by atoms with Gasteiger partial charge in [-0.2, -0.15) is 8.42 Å². The van der Waals surface area contributed by atoms with E-state index < -0.39 is 27.0 Å². The van der Waals surface area contributed by atoms with E-state index in [0.29, 0.717) is 0 Å². The molecule has 0 aliphatic rings. The van der Waals surface area contributed by atoms with Gasteiger partial charge >= 0.3 is 11.9 Å². The van der Waals surface area contributed by atoms with Gasteiger partial charge in [0.2, 0.25) is 0 Å². The average Bonchev–Trinajstić information content (AvgIpc) is 2.77. The summed E-state index contributed by atoms with van der Waals surface area (Å²) in [6.07, 6.45) is 7.69. The maximum absolute atomic E-state index is 12.8. The molecule has 0 bridgehead atoms. The second-order valence-corrected chi connectivity index (χ2v) is 9.63. The Morgan fingerprint density at radius 2 is 1.31 bits per heavy atom. The van der Waals surface area contributed by atoms with Gasteiger partial charge in [-0.3, -0.25) is 4.55 Å². The molecule has 1 N–H and O–H groups in total. The third kappa shape index (κ3) is 9.28. The number of unbranched alkanes of at least 4 members (excludes halogenated alkanes) is 2. The van der Waals surface area contributed by atoms with Gasteiger partial charge in [0.25, 0.3) is 10.1 Å². The second-order valence-electron chi connectivity index (χ2n) is 8.21. The summed E-state index contributed by atoms with van der Waals surface area (Å²) >= 11 is 0. The van der Waals surface area contributed by atoms with E-state index in [2.05, 4.69) is 13.8 Å². The molecule has 0 heterocycles. The van der Waals surface area contributed by atoms with Gasteiger partial charge in [-0.15, -0.1) is 0 Å². The molecule has 7 nitrogen and oxygen atoms in total. The Hall–Kier alpha value is -1.93. The molecule has 182 valence electrons. The van der Waals surface area contributed by atoms with Crippen LogP contribution < -0.4 is 0 Å². The quantitative estimate of drug-likeness (QED) is 0.259. The number of rotatable bonds is 15. The molecule has 0 spiro atoms. The average molecular weight is 471 g/mol. The molecule has 8 heteroatoms. The molecule has 0 aliphatic heterocycles. The predicted molar refractivity (Wildman–Crippen MR) is 123 cm³/mol. The van der Waals surface area contributed by atoms with Crippen LogP contribution in [0.2, 0.25) is 0 Å². The Balaban J connectivity index is 3.05. The van der Waals surface area contributed by atoms with Gasteiger partial charge < -0.3 is 9.47 Å². The molecular formula is C24H38O7S. The van der Waals surface area contributed by atoms with Crippen molar-refractivity contribution in [3.05, 3.63) is 29.3 Å². The third-order valence-corrected chi connectivity index (χ3v) is 6.57. The van der Waals surface area contributed by atoms with Crippen molar-refractivity contribution in [2.45, 2.75) is 84.0 Å². The molecule has 0 aliphatic carbocycles. The van der Waals surface area contributed by atoms with Crippen LogP contribution in [0.3, 0.4) is 0 Å². The minimum absolute atomic E-state index is 0.0747. The molecule has 2 unspecified atom stereocenters. The van der Waals surface area contributed by atoms with Crippen molar-refractivity contribution in [1.82, 2.24) is 0 Å². The van der Waals surface area contributed by atoms with Gasteiger partial charge in [0.1, 0.15) is 0 Å². The zero-order valence-electron chi connectivity index (χ0n) is 19.8. The highest BCUT2D eigenvalue weighted by Crippen LogP contribution is 2.21. The number of benzene rings is 1. The first-order valence-electron chi connectivity index (χ1n) is 11.6. The Labute approximate surface area is 192 Å². The third-order valence-electron chi connectivity index (χ3n) is 5.72. The molecule has 1 aromatic rings. The van der Waals surface area contributed by atoms with Crippen LogP contribution in [0.1, 0.15) is 99.8 Å². The Morgan fingerprint density at radius 3 is 1.72 bits per heavy atom. The molecule has 1 rings (SSSR count). The molecule has 0 saturated carbocycles. The van der Waals surface area contributed by atoms with Crippen molar-refractivity contribution in [2.75, 3.05) is 13.2 Å². The lowest BCUT2D eigenvalue weighted by Crippen LogP contribution is -2.20. The van der Waals surface area contributed by atoms with Gasteiger partial charge in [-0.25, -0.2) is 9.59 Å². The van der Waals surface area contributed by atoms with Crippen LogP contribution >= 0.6 is 0 Å². The van der Waals surface area contributed by atoms with Gasteiger partial charge in [-0.05, 0) is 42.9 Å². The van der Waals surface area contributed by atoms with E-state index in [1.54, 1.807) is 0 Å². The van der Waals surface area contributed by atoms with Crippen LogP contribution in [-0.4, -0.2) is 38.1 Å². The number of hydrogen-bond donors (Lipinski definition) is 1. The number of carbonyl (C=O) groups is 2. The highest BCUT2D eigenvalue weighted by molar-refractivity contribution is 7.85. The van der Waals surface area contributed by atoms with E-state index in [1.807, 2.05) is 13.8 Å². The minimum Gasteiger partial charge on any atom is -0.462 e. The van der Waals surface area contributed by atoms with E-state index in [0.717, 1.165) is 63.5 Å². The SMILES string of the molecule is CCCCC(CC)COC(=O)c1ccc(S(=O)(=O)O)cc1C(=O)OCC(CC)CCCC. The molecule has 2 atom stereocenters. The summed E-state index contributed by atoms with van der Waals surface area (Å²) in [5, 5.41) is 0. The molecule has 0 saturated heterocycles. The number of carbonyl (C=O) groups excluding carboxylic acids is 2. The molecule has 0 amide bonds. The molecule has 32 heavy (non-hydrogen) atoms. The van der Waals surface area contributed by atoms with Crippen molar-refractivity contribution in [1.29, 1.82) is 0 Å². The first kappa shape index (κ1) is 28.1. The van der Waals surface area contributed by atoms with E-state index >= 15 is 0 Å². The van der Waals surface area contributed by atoms with Crippen LogP contribution in [0, 0.1) is 11.8 Å². The van der Waals surface area contributed by atoms with Gasteiger partial charge in [0, 0.05) is 0 Å². The van der Waals surface area contributed by atoms with Gasteiger partial charge in [-0.1, -0.05) is 66.2 Å². The lowest BCUT2D eigenvalue weighted by atomic mass is 10.0. The summed E-state index contributed by atoms with van der Waals surface area (Å²) < 4.78 is 43.3. The lowest BCUT2D eigenvalue weighted by molar-refractivity contribution is 0.0381. The zero-order valence-corrected chi connectivity index (χ0v) is 20.6. The van der Waals surface area contributed by atoms with E-state index in [1.165, 1.54) is 6.07 Å². The number of hydrogen-bond acceptors (Lipinski definition) is 6. The molecule has 1 aromatic carbocycles. The second kappa shape index (κ2) is 14.3. The Morgan fingerprint density at radius 1 is 0.844 bits per heavy atom. The maximum Gasteiger partial charge on any atom is 0.339 e. The van der Waals surface area contributed by atoms with Crippen LogP contribution in [0.25, 0.3) is 0 Å². The number of esters is 2. The monoisotopic (exact) mass is 470 g/mol. The molecular weight excluding hydrogens is 432 g/mol. The van der Waals surface area contributed by atoms with Crippen LogP contribution in [0.15, 0.2) is 23.1 Å². The largest absolute Gasteiger partial charge is 0.462 e. The molecule has 0 radical (unpaired) electrons. The van der Waals surface area contributed by atoms with E-state index in [-0.39, 0.29) is 36.2 Å². The van der Waals surface area contributed by atoms with Crippen molar-refractivity contribution >= 4 is 22.1 Å². The fourth-order valence-corrected chi connectivity index (χ4v) is 3.88. The minimum atomic E-state index is -4.55. The Kier molecular flexibility index (Phi) is 12.5. The standard InChI is InChI=1S/C24H38O7S/c1-5-9-11-18(7-3)16-30-23(25)21-14-13-20(32(27,28)29)15-22(21)24(26)31-17-19(8-4)12-10-6-2/h13-15,18-19H,5-12,16-17H2,1-4H3,(H,27,28,29). The fraction of sp³-hybridized carbons (Fsp3) is 0.667. The summed E-state index contributed by atoms with van der Waals surface area (Å²) in [7, 11) is -4.55. The summed E-state index contributed by atoms with van der Waals surface area (Å²) in [5.41, 5.74) is -0.300. The summed E-state index contributed by atoms with van der Waals surface area (Å²) in [5.74, 6) is -1.12. The van der Waals surface area contributed by atoms with Crippen molar-refractivity contribution in [2.24, 2.45) is 11.8 Å². The highest BCUT2D eigenvalue weighted by atomic mass is 32.2. The highest BCUT2D eigenvalue weighted by Gasteiger charge is 2.24. The van der Waals surface area contributed by atoms with Crippen LogP contribution in [0.5, 0.6) is 0 Å². The van der Waals surface area contributed by atoms with Crippen molar-refractivity contribution in [3.8, 4) is 0 Å². The van der Waals surface area contributed by atoms with Crippen molar-refractivity contribution < 1.29 is 32.0 Å². The lowest BCUT2D eigenvalue weighted by Gasteiger charge is -2.17. The first-order valence-corrected chi connectivity index (χ1v) is 13.1. The van der Waals surface area contributed by atoms with E-state index in [9.17, 15) is 22.6 Å². The Bertz CT molecular complexity index is 833. The predicted octanol–water partition coefficient (Wildman–Crippen LogP) is 5.68. The summed E-state index contributed by atoms with van der Waals surface area (Å²) in [6, 6.07) is 3.23. The topological polar surface area (TPSA) is 107 Å². The van der Waals surface area contributed by atoms with Crippen LogP contribution in [-0.2, 0) is 19.6 Å². The van der Waals surface area contributed by atoms with Crippen LogP contribution in [0.4, 0.5) is 0 Å². The molecule has 0 fully saturated rings. The summed E-state index contributed by atoms with van der Waals surface area (Å²) in [4.78, 5) is 25.0. The number of ether oxygens (including phenoxy) is 2. The zero-order chi connectivity index (χ0) is 24.1. The normalized spacial score (nSPS) is 13.4. The van der Waals surface area contributed by atoms with Gasteiger partial charge in [0.05, 0.1) is 29.2 Å². The van der Waals surface area contributed by atoms with E-state index in [4.69, 9.17) is 9.47 Å². The molecule has 0 aromatic heterocycles. The smallest absolute Gasteiger partial charge is 0.339 e. The first-order chi connectivity index (χ1) is 15.2. The fourth-order valence-electron chi connectivity index (χ4n) is 3.37. The van der Waals surface area contributed by atoms with Gasteiger partial charge in [0.15, 0.2) is 0 Å². The summed E-state index contributed by atoms with van der Waals surface area (Å²) in [6.45, 7) is 8.62. The van der Waals surface area contributed by atoms with Crippen molar-refractivity contribution in [3.63, 3.8) is 0 Å².